The van der Waals surface area contributed by atoms with Crippen LogP contribution in [-0.2, 0) is 26.2 Å². The highest BCUT2D eigenvalue weighted by molar-refractivity contribution is 7.92. The summed E-state index contributed by atoms with van der Waals surface area (Å²) in [7, 11) is -3.74. The molecule has 7 nitrogen and oxygen atoms in total. The van der Waals surface area contributed by atoms with Gasteiger partial charge in [0.25, 0.3) is 0 Å². The topological polar surface area (TPSA) is 86.8 Å². The van der Waals surface area contributed by atoms with Crippen molar-refractivity contribution in [3.8, 4) is 0 Å². The molecule has 0 radical (unpaired) electrons. The first-order valence-corrected chi connectivity index (χ1v) is 12.7. The molecule has 1 unspecified atom stereocenters. The lowest BCUT2D eigenvalue weighted by Crippen LogP contribution is -2.52. The van der Waals surface area contributed by atoms with Gasteiger partial charge in [-0.2, -0.15) is 0 Å². The molecule has 2 aromatic rings. The minimum Gasteiger partial charge on any atom is -0.355 e. The van der Waals surface area contributed by atoms with Crippen LogP contribution in [0.3, 0.4) is 0 Å². The number of likely N-dealkylation sites (N-methyl/N-ethyl adjacent to an activating group) is 1. The van der Waals surface area contributed by atoms with Gasteiger partial charge >= 0.3 is 0 Å². The molecule has 0 aromatic heterocycles. The molecular formula is C23H30ClN3O4S. The van der Waals surface area contributed by atoms with Crippen molar-refractivity contribution >= 4 is 39.1 Å². The molecule has 0 fully saturated rings. The summed E-state index contributed by atoms with van der Waals surface area (Å²) in [5.41, 5.74) is 2.03. The number of aryl methyl sites for hydroxylation is 1. The number of amides is 2. The molecule has 0 spiro atoms. The number of hydrogen-bond acceptors (Lipinski definition) is 4. The van der Waals surface area contributed by atoms with E-state index in [1.165, 1.54) is 4.90 Å². The van der Waals surface area contributed by atoms with E-state index in [0.29, 0.717) is 29.2 Å². The summed E-state index contributed by atoms with van der Waals surface area (Å²) in [6, 6.07) is 13.2. The summed E-state index contributed by atoms with van der Waals surface area (Å²) >= 11 is 6.31. The van der Waals surface area contributed by atoms with Crippen LogP contribution in [0.25, 0.3) is 0 Å². The van der Waals surface area contributed by atoms with E-state index >= 15 is 0 Å². The summed E-state index contributed by atoms with van der Waals surface area (Å²) in [5, 5.41) is 3.22. The lowest BCUT2D eigenvalue weighted by atomic mass is 10.1. The van der Waals surface area contributed by atoms with Crippen LogP contribution in [0.2, 0.25) is 5.02 Å². The Bertz CT molecular complexity index is 1040. The number of anilines is 1. The molecule has 2 rings (SSSR count). The number of halogens is 1. The second-order valence-electron chi connectivity index (χ2n) is 7.54. The molecule has 0 saturated heterocycles. The van der Waals surface area contributed by atoms with Gasteiger partial charge in [0, 0.05) is 18.1 Å². The lowest BCUT2D eigenvalue weighted by Gasteiger charge is -2.33. The van der Waals surface area contributed by atoms with Gasteiger partial charge < -0.3 is 10.2 Å². The van der Waals surface area contributed by atoms with Crippen LogP contribution in [-0.4, -0.2) is 50.5 Å². The number of carbonyl (C=O) groups excluding carboxylic acids is 2. The van der Waals surface area contributed by atoms with Crippen molar-refractivity contribution in [1.82, 2.24) is 10.2 Å². The first kappa shape index (κ1) is 25.7. The SMILES string of the molecule is CCNC(=O)C(CC)N(Cc1ccccc1Cl)C(=O)CN(c1ccc(C)cc1)S(C)(=O)=O. The van der Waals surface area contributed by atoms with Crippen LogP contribution in [0.15, 0.2) is 48.5 Å². The molecule has 0 bridgehead atoms. The van der Waals surface area contributed by atoms with Crippen LogP contribution in [0, 0.1) is 6.92 Å². The molecule has 32 heavy (non-hydrogen) atoms. The third-order valence-corrected chi connectivity index (χ3v) is 6.55. The Kier molecular flexibility index (Phi) is 9.09. The standard InChI is InChI=1S/C23H30ClN3O4S/c1-5-21(23(29)25-6-2)26(15-18-9-7-8-10-20(18)24)22(28)16-27(32(4,30)31)19-13-11-17(3)12-14-19/h7-14,21H,5-6,15-16H2,1-4H3,(H,25,29). The summed E-state index contributed by atoms with van der Waals surface area (Å²) in [5.74, 6) is -0.786. The third-order valence-electron chi connectivity index (χ3n) is 5.04. The third kappa shape index (κ3) is 6.71. The van der Waals surface area contributed by atoms with E-state index in [-0.39, 0.29) is 12.5 Å². The van der Waals surface area contributed by atoms with Crippen LogP contribution in [0.4, 0.5) is 5.69 Å². The van der Waals surface area contributed by atoms with E-state index in [4.69, 9.17) is 11.6 Å². The average Bonchev–Trinajstić information content (AvgIpc) is 2.73. The predicted molar refractivity (Wildman–Crippen MR) is 128 cm³/mol. The molecular weight excluding hydrogens is 450 g/mol. The highest BCUT2D eigenvalue weighted by Gasteiger charge is 2.31. The van der Waals surface area contributed by atoms with Crippen molar-refractivity contribution in [2.24, 2.45) is 0 Å². The lowest BCUT2D eigenvalue weighted by molar-refractivity contribution is -0.140. The van der Waals surface area contributed by atoms with E-state index in [1.807, 2.05) is 6.92 Å². The van der Waals surface area contributed by atoms with Gasteiger partial charge in [-0.15, -0.1) is 0 Å². The van der Waals surface area contributed by atoms with E-state index in [2.05, 4.69) is 5.32 Å². The van der Waals surface area contributed by atoms with Gasteiger partial charge in [0.05, 0.1) is 11.9 Å². The van der Waals surface area contributed by atoms with Crippen molar-refractivity contribution in [3.05, 3.63) is 64.7 Å². The van der Waals surface area contributed by atoms with Crippen molar-refractivity contribution in [1.29, 1.82) is 0 Å². The van der Waals surface area contributed by atoms with Crippen LogP contribution < -0.4 is 9.62 Å². The monoisotopic (exact) mass is 479 g/mol. The van der Waals surface area contributed by atoms with Crippen molar-refractivity contribution in [2.75, 3.05) is 23.7 Å². The summed E-state index contributed by atoms with van der Waals surface area (Å²) < 4.78 is 26.1. The van der Waals surface area contributed by atoms with E-state index in [1.54, 1.807) is 62.4 Å². The molecule has 9 heteroatoms. The zero-order valence-electron chi connectivity index (χ0n) is 18.8. The Balaban J connectivity index is 2.43. The Morgan fingerprint density at radius 3 is 2.22 bits per heavy atom. The normalized spacial score (nSPS) is 12.2. The molecule has 1 atom stereocenters. The van der Waals surface area contributed by atoms with Crippen LogP contribution in [0.1, 0.15) is 31.4 Å². The van der Waals surface area contributed by atoms with E-state index in [9.17, 15) is 18.0 Å². The Morgan fingerprint density at radius 1 is 1.06 bits per heavy atom. The van der Waals surface area contributed by atoms with Gasteiger partial charge in [0.15, 0.2) is 0 Å². The van der Waals surface area contributed by atoms with Crippen molar-refractivity contribution in [2.45, 2.75) is 39.8 Å². The number of rotatable bonds is 10. The highest BCUT2D eigenvalue weighted by Crippen LogP contribution is 2.22. The number of nitrogens with one attached hydrogen (secondary N) is 1. The van der Waals surface area contributed by atoms with Gasteiger partial charge in [-0.3, -0.25) is 13.9 Å². The summed E-state index contributed by atoms with van der Waals surface area (Å²) in [6.07, 6.45) is 1.42. The Morgan fingerprint density at radius 2 is 1.69 bits per heavy atom. The second kappa shape index (κ2) is 11.3. The average molecular weight is 480 g/mol. The molecule has 0 aliphatic heterocycles. The quantitative estimate of drug-likeness (QED) is 0.566. The molecule has 174 valence electrons. The smallest absolute Gasteiger partial charge is 0.244 e. The van der Waals surface area contributed by atoms with Gasteiger partial charge in [0.2, 0.25) is 21.8 Å². The minimum atomic E-state index is -3.74. The maximum Gasteiger partial charge on any atom is 0.244 e. The fraction of sp³-hybridized carbons (Fsp3) is 0.391. The second-order valence-corrected chi connectivity index (χ2v) is 9.85. The summed E-state index contributed by atoms with van der Waals surface area (Å²) in [6.45, 7) is 5.57. The largest absolute Gasteiger partial charge is 0.355 e. The van der Waals surface area contributed by atoms with Gasteiger partial charge in [-0.05, 0) is 44.0 Å². The number of nitrogens with zero attached hydrogens (tertiary/aromatic N) is 2. The van der Waals surface area contributed by atoms with Gasteiger partial charge in [-0.1, -0.05) is 54.4 Å². The number of sulfonamides is 1. The minimum absolute atomic E-state index is 0.0830. The molecule has 0 aliphatic carbocycles. The zero-order chi connectivity index (χ0) is 23.9. The van der Waals surface area contributed by atoms with Crippen molar-refractivity contribution < 1.29 is 18.0 Å². The number of benzene rings is 2. The number of carbonyl (C=O) groups is 2. The van der Waals surface area contributed by atoms with Crippen LogP contribution >= 0.6 is 11.6 Å². The first-order valence-electron chi connectivity index (χ1n) is 10.4. The molecule has 0 aliphatic rings. The fourth-order valence-corrected chi connectivity index (χ4v) is 4.39. The molecule has 0 heterocycles. The van der Waals surface area contributed by atoms with Gasteiger partial charge in [0.1, 0.15) is 12.6 Å². The summed E-state index contributed by atoms with van der Waals surface area (Å²) in [4.78, 5) is 27.6. The highest BCUT2D eigenvalue weighted by atomic mass is 35.5. The maximum atomic E-state index is 13.5. The maximum absolute atomic E-state index is 13.5. The zero-order valence-corrected chi connectivity index (χ0v) is 20.4. The molecule has 1 N–H and O–H groups in total. The number of hydrogen-bond donors (Lipinski definition) is 1. The molecule has 2 amide bonds. The fourth-order valence-electron chi connectivity index (χ4n) is 3.35. The molecule has 0 saturated carbocycles. The Labute approximate surface area is 195 Å². The molecule has 2 aromatic carbocycles. The Hall–Kier alpha value is -2.58. The van der Waals surface area contributed by atoms with E-state index in [0.717, 1.165) is 16.1 Å². The first-order chi connectivity index (χ1) is 15.1. The van der Waals surface area contributed by atoms with Crippen molar-refractivity contribution in [3.63, 3.8) is 0 Å². The van der Waals surface area contributed by atoms with Gasteiger partial charge in [-0.25, -0.2) is 8.42 Å². The predicted octanol–water partition coefficient (Wildman–Crippen LogP) is 3.36. The van der Waals surface area contributed by atoms with Crippen LogP contribution in [0.5, 0.6) is 0 Å². The van der Waals surface area contributed by atoms with E-state index < -0.39 is 28.5 Å².